The van der Waals surface area contributed by atoms with Gasteiger partial charge in [0.2, 0.25) is 0 Å². The number of fused-ring (bicyclic) bond motifs is 1. The summed E-state index contributed by atoms with van der Waals surface area (Å²) in [7, 11) is -1.14. The molecule has 2 aromatic rings. The van der Waals surface area contributed by atoms with Crippen LogP contribution in [0.1, 0.15) is 54.9 Å². The highest BCUT2D eigenvalue weighted by Gasteiger charge is 2.52. The molecule has 1 aromatic carbocycles. The molecule has 0 unspecified atom stereocenters. The molecule has 0 N–H and O–H groups in total. The zero-order valence-electron chi connectivity index (χ0n) is 17.5. The Balaban J connectivity index is 1.69. The van der Waals surface area contributed by atoms with Crippen LogP contribution in [0.3, 0.4) is 0 Å². The smallest absolute Gasteiger partial charge is 0.399 e. The standard InChI is InChI=1S/C21H21BF4N2O3/c1-19(2)20(3,4)31-22(30-19)12-8-15(21(24,25)26)14(16(23)9-12)10-28-11-17-13(18(28)29)6-5-7-27-17/h5-9H,10-11H2,1-4H3. The lowest BCUT2D eigenvalue weighted by molar-refractivity contribution is -0.138. The number of alkyl halides is 3. The lowest BCUT2D eigenvalue weighted by Gasteiger charge is -2.32. The van der Waals surface area contributed by atoms with Crippen LogP contribution in [0.15, 0.2) is 30.5 Å². The normalized spacial score (nSPS) is 19.8. The van der Waals surface area contributed by atoms with E-state index in [1.54, 1.807) is 39.8 Å². The van der Waals surface area contributed by atoms with E-state index in [1.807, 2.05) is 0 Å². The molecule has 10 heteroatoms. The van der Waals surface area contributed by atoms with Gasteiger partial charge in [0.1, 0.15) is 5.82 Å². The number of rotatable bonds is 3. The summed E-state index contributed by atoms with van der Waals surface area (Å²) in [5, 5.41) is 0. The molecule has 0 atom stereocenters. The van der Waals surface area contributed by atoms with E-state index in [0.29, 0.717) is 11.3 Å². The molecule has 0 aliphatic carbocycles. The highest BCUT2D eigenvalue weighted by atomic mass is 19.4. The van der Waals surface area contributed by atoms with Crippen LogP contribution in [0, 0.1) is 5.82 Å². The van der Waals surface area contributed by atoms with Gasteiger partial charge in [0.15, 0.2) is 0 Å². The van der Waals surface area contributed by atoms with Gasteiger partial charge < -0.3 is 14.2 Å². The van der Waals surface area contributed by atoms with Gasteiger partial charge in [-0.2, -0.15) is 13.2 Å². The molecule has 1 saturated heterocycles. The number of carbonyl (C=O) groups is 1. The topological polar surface area (TPSA) is 51.7 Å². The van der Waals surface area contributed by atoms with Crippen molar-refractivity contribution in [2.24, 2.45) is 0 Å². The predicted molar refractivity (Wildman–Crippen MR) is 105 cm³/mol. The second kappa shape index (κ2) is 7.03. The van der Waals surface area contributed by atoms with E-state index < -0.39 is 53.9 Å². The van der Waals surface area contributed by atoms with E-state index in [9.17, 15) is 18.0 Å². The summed E-state index contributed by atoms with van der Waals surface area (Å²) in [4.78, 5) is 17.8. The van der Waals surface area contributed by atoms with Crippen molar-refractivity contribution in [2.45, 2.75) is 58.2 Å². The third-order valence-corrected chi connectivity index (χ3v) is 6.15. The maximum absolute atomic E-state index is 15.0. The molecule has 31 heavy (non-hydrogen) atoms. The first-order chi connectivity index (χ1) is 14.3. The Hall–Kier alpha value is -2.46. The monoisotopic (exact) mass is 436 g/mol. The molecule has 1 amide bonds. The molecule has 0 spiro atoms. The fourth-order valence-electron chi connectivity index (χ4n) is 3.69. The van der Waals surface area contributed by atoms with Crippen LogP contribution < -0.4 is 5.46 Å². The fourth-order valence-corrected chi connectivity index (χ4v) is 3.69. The summed E-state index contributed by atoms with van der Waals surface area (Å²) >= 11 is 0. The first-order valence-corrected chi connectivity index (χ1v) is 9.78. The van der Waals surface area contributed by atoms with E-state index in [-0.39, 0.29) is 12.0 Å². The van der Waals surface area contributed by atoms with E-state index >= 15 is 4.39 Å². The molecule has 1 fully saturated rings. The summed E-state index contributed by atoms with van der Waals surface area (Å²) in [5.74, 6) is -1.55. The Morgan fingerprint density at radius 2 is 1.81 bits per heavy atom. The first-order valence-electron chi connectivity index (χ1n) is 9.78. The van der Waals surface area contributed by atoms with Crippen LogP contribution in [0.5, 0.6) is 0 Å². The van der Waals surface area contributed by atoms with Crippen LogP contribution >= 0.6 is 0 Å². The van der Waals surface area contributed by atoms with Crippen molar-refractivity contribution < 1.29 is 31.7 Å². The molecule has 5 nitrogen and oxygen atoms in total. The maximum atomic E-state index is 15.0. The van der Waals surface area contributed by atoms with E-state index in [2.05, 4.69) is 4.98 Å². The number of amides is 1. The van der Waals surface area contributed by atoms with E-state index in [4.69, 9.17) is 9.31 Å². The average Bonchev–Trinajstić information content (AvgIpc) is 3.08. The van der Waals surface area contributed by atoms with E-state index in [1.165, 1.54) is 6.20 Å². The van der Waals surface area contributed by atoms with Gasteiger partial charge in [0.05, 0.1) is 34.6 Å². The minimum atomic E-state index is -4.83. The molecule has 4 rings (SSSR count). The number of hydrogen-bond acceptors (Lipinski definition) is 4. The molecular weight excluding hydrogens is 415 g/mol. The van der Waals surface area contributed by atoms with Crippen LogP contribution in [-0.2, 0) is 28.6 Å². The van der Waals surface area contributed by atoms with Gasteiger partial charge >= 0.3 is 13.3 Å². The lowest BCUT2D eigenvalue weighted by atomic mass is 9.77. The second-order valence-electron chi connectivity index (χ2n) is 8.77. The van der Waals surface area contributed by atoms with Crippen LogP contribution in [0.2, 0.25) is 0 Å². The number of carbonyl (C=O) groups excluding carboxylic acids is 1. The van der Waals surface area contributed by atoms with Crippen molar-refractivity contribution in [2.75, 3.05) is 0 Å². The Bertz CT molecular complexity index is 1040. The quantitative estimate of drug-likeness (QED) is 0.544. The van der Waals surface area contributed by atoms with Gasteiger partial charge in [-0.15, -0.1) is 0 Å². The summed E-state index contributed by atoms with van der Waals surface area (Å²) in [6.07, 6.45) is -3.33. The van der Waals surface area contributed by atoms with Crippen molar-refractivity contribution in [1.82, 2.24) is 9.88 Å². The van der Waals surface area contributed by atoms with Crippen molar-refractivity contribution in [1.29, 1.82) is 0 Å². The van der Waals surface area contributed by atoms with Gasteiger partial charge in [-0.1, -0.05) is 0 Å². The molecule has 2 aliphatic heterocycles. The first kappa shape index (κ1) is 21.8. The molecular formula is C21H21BF4N2O3. The molecule has 164 valence electrons. The molecule has 0 bridgehead atoms. The number of benzene rings is 1. The van der Waals surface area contributed by atoms with Crippen molar-refractivity contribution in [3.63, 3.8) is 0 Å². The maximum Gasteiger partial charge on any atom is 0.494 e. The van der Waals surface area contributed by atoms with Crippen molar-refractivity contribution in [3.8, 4) is 0 Å². The lowest BCUT2D eigenvalue weighted by Crippen LogP contribution is -2.41. The summed E-state index contributed by atoms with van der Waals surface area (Å²) in [5.41, 5.74) is -2.63. The molecule has 2 aliphatic rings. The highest BCUT2D eigenvalue weighted by Crippen LogP contribution is 2.38. The number of halogens is 4. The number of nitrogens with zero attached hydrogens (tertiary/aromatic N) is 2. The number of pyridine rings is 1. The Kier molecular flexibility index (Phi) is 4.94. The average molecular weight is 436 g/mol. The van der Waals surface area contributed by atoms with Crippen LogP contribution in [-0.4, -0.2) is 34.1 Å². The largest absolute Gasteiger partial charge is 0.494 e. The number of hydrogen-bond donors (Lipinski definition) is 0. The summed E-state index contributed by atoms with van der Waals surface area (Å²) in [6, 6.07) is 4.94. The minimum Gasteiger partial charge on any atom is -0.399 e. The zero-order chi connectivity index (χ0) is 22.8. The third-order valence-electron chi connectivity index (χ3n) is 6.15. The van der Waals surface area contributed by atoms with Gasteiger partial charge in [-0.25, -0.2) is 4.39 Å². The van der Waals surface area contributed by atoms with Gasteiger partial charge in [0.25, 0.3) is 5.91 Å². The number of aromatic nitrogens is 1. The fraction of sp³-hybridized carbons (Fsp3) is 0.429. The van der Waals surface area contributed by atoms with Gasteiger partial charge in [-0.05, 0) is 57.4 Å². The summed E-state index contributed by atoms with van der Waals surface area (Å²) < 4.78 is 68.2. The second-order valence-corrected chi connectivity index (χ2v) is 8.77. The molecule has 0 radical (unpaired) electrons. The van der Waals surface area contributed by atoms with E-state index in [0.717, 1.165) is 17.0 Å². The molecule has 0 saturated carbocycles. The Morgan fingerprint density at radius 3 is 2.39 bits per heavy atom. The summed E-state index contributed by atoms with van der Waals surface area (Å²) in [6.45, 7) is 6.52. The highest BCUT2D eigenvalue weighted by molar-refractivity contribution is 6.62. The van der Waals surface area contributed by atoms with Crippen molar-refractivity contribution >= 4 is 18.5 Å². The van der Waals surface area contributed by atoms with Crippen LogP contribution in [0.25, 0.3) is 0 Å². The zero-order valence-corrected chi connectivity index (χ0v) is 17.5. The Morgan fingerprint density at radius 1 is 1.16 bits per heavy atom. The van der Waals surface area contributed by atoms with Crippen molar-refractivity contribution in [3.05, 3.63) is 58.7 Å². The van der Waals surface area contributed by atoms with Gasteiger partial charge in [-0.3, -0.25) is 9.78 Å². The SMILES string of the molecule is CC1(C)OB(c2cc(F)c(CN3Cc4ncccc4C3=O)c(C(F)(F)F)c2)OC1(C)C. The Labute approximate surface area is 177 Å². The third kappa shape index (κ3) is 3.72. The predicted octanol–water partition coefficient (Wildman–Crippen LogP) is 3.69. The minimum absolute atomic E-state index is 0.0186. The van der Waals surface area contributed by atoms with Crippen LogP contribution in [0.4, 0.5) is 17.6 Å². The van der Waals surface area contributed by atoms with Gasteiger partial charge in [0, 0.05) is 18.3 Å². The molecule has 1 aromatic heterocycles. The molecule has 3 heterocycles.